The molecule has 5 nitrogen and oxygen atoms in total. The van der Waals surface area contributed by atoms with Gasteiger partial charge in [-0.05, 0) is 24.6 Å². The third-order valence-electron chi connectivity index (χ3n) is 3.49. The summed E-state index contributed by atoms with van der Waals surface area (Å²) >= 11 is 3.91. The SMILES string of the molecule is C/C=C/CN(C(=O)S)c1ccc(C2=NNC(=O)CC2C)cc1. The normalized spacial score (nSPS) is 18.0. The van der Waals surface area contributed by atoms with Gasteiger partial charge in [-0.15, -0.1) is 0 Å². The minimum Gasteiger partial charge on any atom is -0.300 e. The first-order valence-corrected chi connectivity index (χ1v) is 7.56. The maximum atomic E-state index is 11.6. The van der Waals surface area contributed by atoms with Gasteiger partial charge >= 0.3 is 0 Å². The zero-order valence-electron chi connectivity index (χ0n) is 12.6. The smallest absolute Gasteiger partial charge is 0.283 e. The van der Waals surface area contributed by atoms with Gasteiger partial charge in [-0.1, -0.05) is 43.8 Å². The van der Waals surface area contributed by atoms with Crippen LogP contribution in [0.1, 0.15) is 25.8 Å². The number of hydrazone groups is 1. The predicted octanol–water partition coefficient (Wildman–Crippen LogP) is 2.98. The minimum absolute atomic E-state index is 0.0638. The molecule has 0 fully saturated rings. The lowest BCUT2D eigenvalue weighted by Gasteiger charge is -2.21. The Balaban J connectivity index is 2.22. The number of amides is 2. The highest BCUT2D eigenvalue weighted by Crippen LogP contribution is 2.21. The van der Waals surface area contributed by atoms with Crippen molar-refractivity contribution in [3.8, 4) is 0 Å². The van der Waals surface area contributed by atoms with Gasteiger partial charge in [-0.2, -0.15) is 5.10 Å². The number of allylic oxidation sites excluding steroid dienone is 1. The number of carbonyl (C=O) groups excluding carboxylic acids is 2. The van der Waals surface area contributed by atoms with E-state index in [1.165, 1.54) is 0 Å². The number of nitrogens with one attached hydrogen (secondary N) is 1. The molecule has 0 saturated carbocycles. The summed E-state index contributed by atoms with van der Waals surface area (Å²) < 4.78 is 0. The molecule has 1 aromatic rings. The summed E-state index contributed by atoms with van der Waals surface area (Å²) in [6.07, 6.45) is 4.22. The second-order valence-corrected chi connectivity index (χ2v) is 5.53. The Hall–Kier alpha value is -2.08. The Bertz CT molecular complexity index is 623. The molecule has 0 radical (unpaired) electrons. The van der Waals surface area contributed by atoms with Crippen LogP contribution >= 0.6 is 12.6 Å². The number of anilines is 1. The van der Waals surface area contributed by atoms with Crippen molar-refractivity contribution in [2.45, 2.75) is 20.3 Å². The zero-order chi connectivity index (χ0) is 16.1. The van der Waals surface area contributed by atoms with Crippen molar-refractivity contribution in [2.75, 3.05) is 11.4 Å². The molecule has 0 aliphatic carbocycles. The first-order chi connectivity index (χ1) is 10.5. The highest BCUT2D eigenvalue weighted by atomic mass is 32.1. The Morgan fingerprint density at radius 3 is 2.68 bits per heavy atom. The molecule has 2 rings (SSSR count). The van der Waals surface area contributed by atoms with Crippen molar-refractivity contribution in [1.29, 1.82) is 0 Å². The van der Waals surface area contributed by atoms with Crippen LogP contribution in [0.25, 0.3) is 0 Å². The van der Waals surface area contributed by atoms with Gasteiger partial charge in [0.05, 0.1) is 5.71 Å². The van der Waals surface area contributed by atoms with Gasteiger partial charge in [0.25, 0.3) is 5.24 Å². The van der Waals surface area contributed by atoms with Crippen LogP contribution in [0.5, 0.6) is 0 Å². The number of rotatable bonds is 4. The third-order valence-corrected chi connectivity index (χ3v) is 3.73. The molecule has 1 heterocycles. The van der Waals surface area contributed by atoms with Crippen LogP contribution in [0, 0.1) is 5.92 Å². The van der Waals surface area contributed by atoms with Gasteiger partial charge in [-0.25, -0.2) is 5.43 Å². The molecule has 1 atom stereocenters. The van der Waals surface area contributed by atoms with Crippen LogP contribution in [-0.4, -0.2) is 23.4 Å². The molecule has 1 aliphatic heterocycles. The molecule has 2 amide bonds. The molecule has 1 aliphatic rings. The molecular formula is C16H19N3O2S. The van der Waals surface area contributed by atoms with E-state index in [0.29, 0.717) is 13.0 Å². The Kier molecular flexibility index (Phi) is 5.38. The lowest BCUT2D eigenvalue weighted by atomic mass is 9.94. The predicted molar refractivity (Wildman–Crippen MR) is 91.4 cm³/mol. The number of thiol groups is 1. The number of hydrogen-bond donors (Lipinski definition) is 2. The van der Waals surface area contributed by atoms with Crippen molar-refractivity contribution in [3.63, 3.8) is 0 Å². The number of benzene rings is 1. The van der Waals surface area contributed by atoms with Gasteiger partial charge in [0.2, 0.25) is 5.91 Å². The summed E-state index contributed by atoms with van der Waals surface area (Å²) in [5, 5.41) is 3.83. The van der Waals surface area contributed by atoms with E-state index >= 15 is 0 Å². The maximum absolute atomic E-state index is 11.6. The van der Waals surface area contributed by atoms with E-state index in [1.807, 2.05) is 50.3 Å². The molecule has 0 spiro atoms. The van der Waals surface area contributed by atoms with Crippen LogP contribution in [0.2, 0.25) is 0 Å². The summed E-state index contributed by atoms with van der Waals surface area (Å²) in [6, 6.07) is 7.53. The quantitative estimate of drug-likeness (QED) is 0.662. The van der Waals surface area contributed by atoms with Gasteiger partial charge < -0.3 is 0 Å². The summed E-state index contributed by atoms with van der Waals surface area (Å²) in [5.74, 6) is 0.0105. The second-order valence-electron chi connectivity index (χ2n) is 5.15. The molecule has 0 saturated heterocycles. The van der Waals surface area contributed by atoms with Gasteiger partial charge in [-0.3, -0.25) is 14.5 Å². The molecule has 1 N–H and O–H groups in total. The van der Waals surface area contributed by atoms with Crippen LogP contribution in [-0.2, 0) is 4.79 Å². The van der Waals surface area contributed by atoms with Crippen LogP contribution in [0.3, 0.4) is 0 Å². The summed E-state index contributed by atoms with van der Waals surface area (Å²) in [4.78, 5) is 24.5. The standard InChI is InChI=1S/C16H19N3O2S/c1-3-4-9-19(16(21)22)13-7-5-12(6-8-13)15-11(2)10-14(20)17-18-15/h3-8,11H,9-10H2,1-2H3,(H,17,20)(H,21,22)/b4-3+. The molecule has 1 unspecified atom stereocenters. The van der Waals surface area contributed by atoms with E-state index in [0.717, 1.165) is 17.0 Å². The molecule has 1 aromatic carbocycles. The first kappa shape index (κ1) is 16.3. The average Bonchev–Trinajstić information content (AvgIpc) is 2.48. The molecule has 6 heteroatoms. The van der Waals surface area contributed by atoms with E-state index in [-0.39, 0.29) is 17.1 Å². The number of nitrogens with zero attached hydrogens (tertiary/aromatic N) is 2. The van der Waals surface area contributed by atoms with E-state index in [2.05, 4.69) is 23.2 Å². The van der Waals surface area contributed by atoms with Crippen molar-refractivity contribution < 1.29 is 9.59 Å². The number of carbonyl (C=O) groups is 2. The highest BCUT2D eigenvalue weighted by Gasteiger charge is 2.21. The molecular weight excluding hydrogens is 298 g/mol. The number of hydrogen-bond acceptors (Lipinski definition) is 3. The van der Waals surface area contributed by atoms with E-state index in [1.54, 1.807) is 4.90 Å². The molecule has 22 heavy (non-hydrogen) atoms. The molecule has 0 bridgehead atoms. The second kappa shape index (κ2) is 7.26. The minimum atomic E-state index is -0.304. The van der Waals surface area contributed by atoms with Gasteiger partial charge in [0.15, 0.2) is 0 Å². The average molecular weight is 317 g/mol. The fourth-order valence-corrected chi connectivity index (χ4v) is 2.52. The topological polar surface area (TPSA) is 61.8 Å². The summed E-state index contributed by atoms with van der Waals surface area (Å²) in [5.41, 5.74) is 5.07. The monoisotopic (exact) mass is 317 g/mol. The van der Waals surface area contributed by atoms with Crippen molar-refractivity contribution in [2.24, 2.45) is 11.0 Å². The lowest BCUT2D eigenvalue weighted by molar-refractivity contribution is -0.121. The Morgan fingerprint density at radius 1 is 1.45 bits per heavy atom. The lowest BCUT2D eigenvalue weighted by Crippen LogP contribution is -2.32. The molecule has 0 aromatic heterocycles. The van der Waals surface area contributed by atoms with Crippen LogP contribution in [0.15, 0.2) is 41.5 Å². The van der Waals surface area contributed by atoms with Crippen molar-refractivity contribution in [1.82, 2.24) is 5.43 Å². The van der Waals surface area contributed by atoms with Crippen LogP contribution < -0.4 is 10.3 Å². The first-order valence-electron chi connectivity index (χ1n) is 7.11. The third kappa shape index (κ3) is 3.76. The van der Waals surface area contributed by atoms with E-state index in [9.17, 15) is 9.59 Å². The highest BCUT2D eigenvalue weighted by molar-refractivity contribution is 7.96. The largest absolute Gasteiger partial charge is 0.300 e. The van der Waals surface area contributed by atoms with Gasteiger partial charge in [0, 0.05) is 24.6 Å². The fraction of sp³-hybridized carbons (Fsp3) is 0.312. The van der Waals surface area contributed by atoms with E-state index < -0.39 is 0 Å². The fourth-order valence-electron chi connectivity index (χ4n) is 2.32. The maximum Gasteiger partial charge on any atom is 0.283 e. The Morgan fingerprint density at radius 2 is 2.14 bits per heavy atom. The van der Waals surface area contributed by atoms with Crippen LogP contribution in [0.4, 0.5) is 10.5 Å². The van der Waals surface area contributed by atoms with Gasteiger partial charge in [0.1, 0.15) is 0 Å². The molecule has 116 valence electrons. The summed E-state index contributed by atoms with van der Waals surface area (Å²) in [7, 11) is 0. The Labute approximate surface area is 135 Å². The zero-order valence-corrected chi connectivity index (χ0v) is 13.5. The van der Waals surface area contributed by atoms with Crippen molar-refractivity contribution >= 4 is 35.2 Å². The summed E-state index contributed by atoms with van der Waals surface area (Å²) in [6.45, 7) is 4.35. The van der Waals surface area contributed by atoms with E-state index in [4.69, 9.17) is 0 Å². The van der Waals surface area contributed by atoms with Crippen molar-refractivity contribution in [3.05, 3.63) is 42.0 Å².